The molecule has 0 bridgehead atoms. The van der Waals surface area contributed by atoms with E-state index < -0.39 is 0 Å². The van der Waals surface area contributed by atoms with Crippen LogP contribution in [0.2, 0.25) is 0 Å². The number of halogens is 1. The van der Waals surface area contributed by atoms with Crippen molar-refractivity contribution < 1.29 is 4.79 Å². The molecule has 0 saturated heterocycles. The molecule has 2 aromatic rings. The van der Waals surface area contributed by atoms with Crippen LogP contribution in [0.5, 0.6) is 0 Å². The van der Waals surface area contributed by atoms with E-state index in [0.29, 0.717) is 23.7 Å². The van der Waals surface area contributed by atoms with Crippen LogP contribution in [-0.4, -0.2) is 48.3 Å². The summed E-state index contributed by atoms with van der Waals surface area (Å²) in [5.74, 6) is 0.438. The quantitative estimate of drug-likeness (QED) is 0.327. The maximum Gasteiger partial charge on any atom is 0.152 e. The number of fused-ring (bicyclic) bond motifs is 1. The van der Waals surface area contributed by atoms with Crippen LogP contribution in [0.25, 0.3) is 4.83 Å². The summed E-state index contributed by atoms with van der Waals surface area (Å²) in [7, 11) is 3.57. The zero-order chi connectivity index (χ0) is 17.7. The normalized spacial score (nSPS) is 11.7. The maximum absolute atomic E-state index is 11.5. The Morgan fingerprint density at radius 1 is 1.54 bits per heavy atom. The largest absolute Gasteiger partial charge is 0.394 e. The topological polar surface area (TPSA) is 73.0 Å². The first-order valence-electron chi connectivity index (χ1n) is 7.32. The van der Waals surface area contributed by atoms with Crippen LogP contribution in [-0.2, 0) is 5.88 Å². The Morgan fingerprint density at radius 2 is 2.29 bits per heavy atom. The molecule has 8 heteroatoms. The van der Waals surface area contributed by atoms with Crippen LogP contribution in [0.4, 0.5) is 0 Å². The number of hydrogen-bond donors (Lipinski definition) is 2. The number of aryl methyl sites for hydroxylation is 1. The monoisotopic (exact) mass is 365 g/mol. The molecule has 0 aliphatic heterocycles. The van der Waals surface area contributed by atoms with E-state index in [-0.39, 0.29) is 0 Å². The van der Waals surface area contributed by atoms with Gasteiger partial charge in [-0.05, 0) is 19.2 Å². The van der Waals surface area contributed by atoms with Gasteiger partial charge >= 0.3 is 0 Å². The van der Waals surface area contributed by atoms with Gasteiger partial charge in [0.25, 0.3) is 0 Å². The number of nitrogens with zero attached hydrogens (tertiary/aromatic N) is 3. The molecule has 2 aromatic heterocycles. The Hall–Kier alpha value is -2.12. The fraction of sp³-hybridized carbons (Fsp3) is 0.312. The molecule has 0 fully saturated rings. The third kappa shape index (κ3) is 3.85. The summed E-state index contributed by atoms with van der Waals surface area (Å²) in [5, 5.41) is 16.7. The van der Waals surface area contributed by atoms with Gasteiger partial charge in [-0.15, -0.1) is 22.9 Å². The summed E-state index contributed by atoms with van der Waals surface area (Å²) < 4.78 is 1.98. The molecule has 2 N–H and O–H groups in total. The number of alkyl halides is 1. The van der Waals surface area contributed by atoms with Gasteiger partial charge in [0.1, 0.15) is 4.83 Å². The van der Waals surface area contributed by atoms with Gasteiger partial charge in [-0.3, -0.25) is 9.80 Å². The highest BCUT2D eigenvalue weighted by Gasteiger charge is 2.16. The lowest BCUT2D eigenvalue weighted by Gasteiger charge is -2.11. The first-order valence-corrected chi connectivity index (χ1v) is 8.67. The van der Waals surface area contributed by atoms with Gasteiger partial charge in [-0.2, -0.15) is 5.10 Å². The first kappa shape index (κ1) is 18.2. The van der Waals surface area contributed by atoms with E-state index in [0.717, 1.165) is 27.3 Å². The Labute approximate surface area is 149 Å². The highest BCUT2D eigenvalue weighted by molar-refractivity contribution is 7.18. The third-order valence-electron chi connectivity index (χ3n) is 3.48. The molecule has 2 rings (SSSR count). The van der Waals surface area contributed by atoms with Crippen LogP contribution in [0.1, 0.15) is 26.5 Å². The molecule has 2 heterocycles. The predicted octanol–water partition coefficient (Wildman–Crippen LogP) is 2.88. The number of hydrogen-bond acceptors (Lipinski definition) is 6. The Balaban J connectivity index is 2.27. The van der Waals surface area contributed by atoms with Crippen molar-refractivity contribution in [3.63, 3.8) is 0 Å². The standard InChI is InChI=1S/C16H20ClN5OS/c1-11-15(10-23)14(16-22(11)9-13(6-17)24-16)7-20-21(3)8-12(18)4-5-19-2/h4-5,7,9-10,18-19H,6,8H2,1-3H3/b5-4-,18-12?,20-7-. The van der Waals surface area contributed by atoms with Crippen molar-refractivity contribution in [2.45, 2.75) is 12.8 Å². The van der Waals surface area contributed by atoms with Crippen LogP contribution in [0.3, 0.4) is 0 Å². The SMILES string of the molecule is CN/C=C\C(=N)CN(C)/N=C\c1c(C=O)c(C)n2cc(CCl)sc12. The average Bonchev–Trinajstić information content (AvgIpc) is 3.09. The zero-order valence-electron chi connectivity index (χ0n) is 13.8. The molecular formula is C16H20ClN5OS. The molecular weight excluding hydrogens is 346 g/mol. The van der Waals surface area contributed by atoms with Crippen molar-refractivity contribution in [1.82, 2.24) is 14.7 Å². The summed E-state index contributed by atoms with van der Waals surface area (Å²) in [6.07, 6.45) is 7.86. The number of rotatable bonds is 8. The minimum absolute atomic E-state index is 0.373. The number of carbonyl (C=O) groups is 1. The lowest BCUT2D eigenvalue weighted by molar-refractivity contribution is 0.112. The number of aldehydes is 1. The van der Waals surface area contributed by atoms with Crippen LogP contribution in [0, 0.1) is 12.3 Å². The molecule has 0 aliphatic carbocycles. The third-order valence-corrected chi connectivity index (χ3v) is 5.04. The van der Waals surface area contributed by atoms with E-state index in [2.05, 4.69) is 10.4 Å². The molecule has 0 unspecified atom stereocenters. The Bertz CT molecular complexity index is 805. The van der Waals surface area contributed by atoms with Gasteiger partial charge in [-0.1, -0.05) is 0 Å². The van der Waals surface area contributed by atoms with E-state index in [1.807, 2.05) is 17.5 Å². The molecule has 0 aliphatic rings. The van der Waals surface area contributed by atoms with Gasteiger partial charge in [0.2, 0.25) is 0 Å². The molecule has 128 valence electrons. The number of aromatic nitrogens is 1. The van der Waals surface area contributed by atoms with Gasteiger partial charge in [-0.25, -0.2) is 0 Å². The molecule has 0 radical (unpaired) electrons. The Kier molecular flexibility index (Phi) is 6.16. The van der Waals surface area contributed by atoms with Crippen molar-refractivity contribution >= 4 is 46.0 Å². The second kappa shape index (κ2) is 8.12. The maximum atomic E-state index is 11.5. The molecule has 0 saturated carbocycles. The van der Waals surface area contributed by atoms with Crippen LogP contribution in [0.15, 0.2) is 23.6 Å². The van der Waals surface area contributed by atoms with Gasteiger partial charge in [0.05, 0.1) is 24.4 Å². The molecule has 24 heavy (non-hydrogen) atoms. The van der Waals surface area contributed by atoms with E-state index in [9.17, 15) is 4.79 Å². The lowest BCUT2D eigenvalue weighted by atomic mass is 10.2. The van der Waals surface area contributed by atoms with Gasteiger partial charge in [0.15, 0.2) is 6.29 Å². The van der Waals surface area contributed by atoms with Crippen LogP contribution >= 0.6 is 22.9 Å². The van der Waals surface area contributed by atoms with E-state index in [1.165, 1.54) is 0 Å². The number of carbonyl (C=O) groups excluding carboxylic acids is 1. The molecule has 0 amide bonds. The number of thiazole rings is 1. The summed E-state index contributed by atoms with van der Waals surface area (Å²) >= 11 is 7.46. The minimum atomic E-state index is 0.373. The van der Waals surface area contributed by atoms with Crippen molar-refractivity contribution in [3.05, 3.63) is 40.2 Å². The predicted molar refractivity (Wildman–Crippen MR) is 101 cm³/mol. The van der Waals surface area contributed by atoms with Gasteiger partial charge < -0.3 is 15.1 Å². The molecule has 0 aromatic carbocycles. The molecule has 0 atom stereocenters. The first-order chi connectivity index (χ1) is 11.5. The summed E-state index contributed by atoms with van der Waals surface area (Å²) in [6.45, 7) is 2.28. The van der Waals surface area contributed by atoms with Crippen molar-refractivity contribution in [1.29, 1.82) is 5.41 Å². The highest BCUT2D eigenvalue weighted by atomic mass is 35.5. The number of hydrazone groups is 1. The van der Waals surface area contributed by atoms with Crippen molar-refractivity contribution in [2.75, 3.05) is 20.6 Å². The summed E-state index contributed by atoms with van der Waals surface area (Å²) in [6, 6.07) is 0. The summed E-state index contributed by atoms with van der Waals surface area (Å²) in [5.41, 5.74) is 2.72. The Morgan fingerprint density at radius 3 is 2.92 bits per heavy atom. The molecule has 6 nitrogen and oxygen atoms in total. The van der Waals surface area contributed by atoms with E-state index >= 15 is 0 Å². The fourth-order valence-electron chi connectivity index (χ4n) is 2.29. The zero-order valence-corrected chi connectivity index (χ0v) is 15.4. The smallest absolute Gasteiger partial charge is 0.152 e. The van der Waals surface area contributed by atoms with Crippen molar-refractivity contribution in [3.8, 4) is 0 Å². The highest BCUT2D eigenvalue weighted by Crippen LogP contribution is 2.28. The second-order valence-electron chi connectivity index (χ2n) is 5.24. The van der Waals surface area contributed by atoms with Crippen LogP contribution < -0.4 is 5.32 Å². The summed E-state index contributed by atoms with van der Waals surface area (Å²) in [4.78, 5) is 13.4. The van der Waals surface area contributed by atoms with Crippen molar-refractivity contribution in [2.24, 2.45) is 5.10 Å². The van der Waals surface area contributed by atoms with Gasteiger partial charge in [0, 0.05) is 42.0 Å². The fourth-order valence-corrected chi connectivity index (χ4v) is 3.55. The van der Waals surface area contributed by atoms with E-state index in [4.69, 9.17) is 17.0 Å². The average molecular weight is 366 g/mol. The number of nitrogens with one attached hydrogen (secondary N) is 2. The molecule has 0 spiro atoms. The second-order valence-corrected chi connectivity index (χ2v) is 6.63. The van der Waals surface area contributed by atoms with E-state index in [1.54, 1.807) is 48.9 Å². The minimum Gasteiger partial charge on any atom is -0.394 e. The lowest BCUT2D eigenvalue weighted by Crippen LogP contribution is -2.19.